The summed E-state index contributed by atoms with van der Waals surface area (Å²) in [4.78, 5) is 21.0. The van der Waals surface area contributed by atoms with Gasteiger partial charge in [0.1, 0.15) is 0 Å². The number of aromatic nitrogens is 2. The van der Waals surface area contributed by atoms with Crippen molar-refractivity contribution in [1.82, 2.24) is 9.97 Å². The van der Waals surface area contributed by atoms with E-state index in [1.165, 1.54) is 17.3 Å². The number of fused-ring (bicyclic) bond motifs is 3. The molecule has 1 aliphatic carbocycles. The lowest BCUT2D eigenvalue weighted by molar-refractivity contribution is -0.137. The summed E-state index contributed by atoms with van der Waals surface area (Å²) >= 11 is 0. The van der Waals surface area contributed by atoms with Gasteiger partial charge in [0.15, 0.2) is 0 Å². The molecule has 0 saturated heterocycles. The smallest absolute Gasteiger partial charge is 0.358 e. The molecule has 7 heteroatoms. The number of rotatable bonds is 3. The molecule has 0 unspecified atom stereocenters. The number of nitrogens with one attached hydrogen (secondary N) is 2. The summed E-state index contributed by atoms with van der Waals surface area (Å²) in [5.41, 5.74) is 5.56. The van der Waals surface area contributed by atoms with E-state index in [-0.39, 0.29) is 5.69 Å². The lowest BCUT2D eigenvalue weighted by atomic mass is 9.91. The average molecular weight is 473 g/mol. The highest BCUT2D eigenvalue weighted by atomic mass is 19.4. The van der Waals surface area contributed by atoms with Crippen LogP contribution in [0.2, 0.25) is 0 Å². The minimum absolute atomic E-state index is 0.185. The van der Waals surface area contributed by atoms with Gasteiger partial charge in [-0.05, 0) is 66.5 Å². The molecule has 2 aromatic heterocycles. The maximum atomic E-state index is 13.2. The normalized spacial score (nSPS) is 16.4. The second-order valence-electron chi connectivity index (χ2n) is 9.11. The number of hydrogen-bond donors (Lipinski definition) is 2. The van der Waals surface area contributed by atoms with Crippen LogP contribution in [0, 0.1) is 0 Å². The molecule has 1 amide bonds. The van der Waals surface area contributed by atoms with Gasteiger partial charge < -0.3 is 10.3 Å². The number of halogens is 3. The first-order chi connectivity index (χ1) is 16.9. The minimum Gasteiger partial charge on any atom is -0.358 e. The molecule has 1 aliphatic heterocycles. The quantitative estimate of drug-likeness (QED) is 0.332. The number of nitrogens with zero attached hydrogens (tertiary/aromatic N) is 1. The monoisotopic (exact) mass is 473 g/mol. The molecule has 6 rings (SSSR count). The van der Waals surface area contributed by atoms with Crippen molar-refractivity contribution in [3.8, 4) is 0 Å². The second kappa shape index (κ2) is 8.12. The summed E-state index contributed by atoms with van der Waals surface area (Å²) in [6.45, 7) is 0. The summed E-state index contributed by atoms with van der Waals surface area (Å²) in [7, 11) is 0. The number of benzene rings is 2. The Kier molecular flexibility index (Phi) is 5.02. The molecule has 2 aromatic carbocycles. The minimum atomic E-state index is -4.47. The lowest BCUT2D eigenvalue weighted by Gasteiger charge is -2.13. The Morgan fingerprint density at radius 2 is 1.86 bits per heavy atom. The number of aryl methyl sites for hydroxylation is 1. The Morgan fingerprint density at radius 3 is 2.71 bits per heavy atom. The summed E-state index contributed by atoms with van der Waals surface area (Å²) in [6, 6.07) is 13.5. The van der Waals surface area contributed by atoms with E-state index < -0.39 is 17.6 Å². The number of aromatic amines is 1. The van der Waals surface area contributed by atoms with E-state index in [4.69, 9.17) is 0 Å². The van der Waals surface area contributed by atoms with Gasteiger partial charge in [0.05, 0.1) is 16.8 Å². The number of amides is 1. The maximum Gasteiger partial charge on any atom is 0.416 e. The fourth-order valence-electron chi connectivity index (χ4n) is 5.25. The van der Waals surface area contributed by atoms with Crippen molar-refractivity contribution in [2.45, 2.75) is 38.3 Å². The van der Waals surface area contributed by atoms with Crippen LogP contribution in [0.4, 0.5) is 18.9 Å². The topological polar surface area (TPSA) is 57.8 Å². The number of hydrogen-bond acceptors (Lipinski definition) is 2. The first-order valence-corrected chi connectivity index (χ1v) is 11.7. The summed E-state index contributed by atoms with van der Waals surface area (Å²) in [6.07, 6.45) is 3.82. The molecule has 2 N–H and O–H groups in total. The van der Waals surface area contributed by atoms with Gasteiger partial charge in [-0.3, -0.25) is 9.78 Å². The van der Waals surface area contributed by atoms with Crippen LogP contribution in [0.5, 0.6) is 0 Å². The van der Waals surface area contributed by atoms with E-state index in [0.29, 0.717) is 17.6 Å². The molecule has 0 bridgehead atoms. The van der Waals surface area contributed by atoms with Crippen LogP contribution in [0.3, 0.4) is 0 Å². The number of anilines is 1. The molecule has 2 aliphatic rings. The molecule has 0 atom stereocenters. The molecule has 0 spiro atoms. The molecule has 0 radical (unpaired) electrons. The maximum absolute atomic E-state index is 13.2. The molecule has 176 valence electrons. The summed E-state index contributed by atoms with van der Waals surface area (Å²) in [5, 5.41) is 4.80. The van der Waals surface area contributed by atoms with Crippen molar-refractivity contribution >= 4 is 34.0 Å². The zero-order chi connectivity index (χ0) is 24.2. The van der Waals surface area contributed by atoms with E-state index in [1.54, 1.807) is 6.08 Å². The second-order valence-corrected chi connectivity index (χ2v) is 9.11. The molecule has 4 nitrogen and oxygen atoms in total. The van der Waals surface area contributed by atoms with Crippen LogP contribution in [-0.2, 0) is 30.2 Å². The number of pyridine rings is 1. The first-order valence-electron chi connectivity index (χ1n) is 11.7. The van der Waals surface area contributed by atoms with Crippen LogP contribution in [0.25, 0.3) is 22.4 Å². The number of carbonyl (C=O) groups is 1. The van der Waals surface area contributed by atoms with Crippen molar-refractivity contribution < 1.29 is 18.0 Å². The van der Waals surface area contributed by atoms with Gasteiger partial charge >= 0.3 is 6.18 Å². The van der Waals surface area contributed by atoms with Crippen molar-refractivity contribution in [2.24, 2.45) is 0 Å². The van der Waals surface area contributed by atoms with Gasteiger partial charge in [0.2, 0.25) is 0 Å². The van der Waals surface area contributed by atoms with Crippen molar-refractivity contribution in [2.75, 3.05) is 5.32 Å². The van der Waals surface area contributed by atoms with Crippen LogP contribution in [0.15, 0.2) is 54.7 Å². The van der Waals surface area contributed by atoms with E-state index in [1.807, 2.05) is 24.4 Å². The van der Waals surface area contributed by atoms with Crippen molar-refractivity contribution in [1.29, 1.82) is 0 Å². The summed E-state index contributed by atoms with van der Waals surface area (Å²) < 4.78 is 39.5. The van der Waals surface area contributed by atoms with Gasteiger partial charge in [0, 0.05) is 40.6 Å². The van der Waals surface area contributed by atoms with Crippen LogP contribution >= 0.6 is 0 Å². The van der Waals surface area contributed by atoms with E-state index >= 15 is 0 Å². The molecular formula is C28H22F3N3O. The van der Waals surface area contributed by atoms with E-state index in [0.717, 1.165) is 65.5 Å². The third kappa shape index (κ3) is 3.81. The largest absolute Gasteiger partial charge is 0.416 e. The van der Waals surface area contributed by atoms with Gasteiger partial charge in [-0.25, -0.2) is 0 Å². The first kappa shape index (κ1) is 21.6. The number of alkyl halides is 3. The fourth-order valence-corrected chi connectivity index (χ4v) is 5.25. The Labute approximate surface area is 199 Å². The molecule has 0 saturated carbocycles. The number of H-pyrrole nitrogens is 1. The SMILES string of the molecule is O=C1Nc2cc(C(F)(F)F)ccc2C1=Cc1[nH]c2c(c1Cc1nccc3ccccc13)CCCC2. The molecule has 3 heterocycles. The van der Waals surface area contributed by atoms with Crippen LogP contribution in [0.1, 0.15) is 52.2 Å². The average Bonchev–Trinajstić information content (AvgIpc) is 3.35. The van der Waals surface area contributed by atoms with Crippen molar-refractivity contribution in [3.05, 3.63) is 94.1 Å². The Balaban J connectivity index is 1.46. The highest BCUT2D eigenvalue weighted by Gasteiger charge is 2.34. The predicted molar refractivity (Wildman–Crippen MR) is 130 cm³/mol. The highest BCUT2D eigenvalue weighted by molar-refractivity contribution is 6.34. The summed E-state index contributed by atoms with van der Waals surface area (Å²) in [5.74, 6) is -0.402. The van der Waals surface area contributed by atoms with Gasteiger partial charge in [-0.1, -0.05) is 30.3 Å². The highest BCUT2D eigenvalue weighted by Crippen LogP contribution is 2.39. The van der Waals surface area contributed by atoms with E-state index in [2.05, 4.69) is 27.4 Å². The van der Waals surface area contributed by atoms with Crippen LogP contribution in [-0.4, -0.2) is 15.9 Å². The predicted octanol–water partition coefficient (Wildman–Crippen LogP) is 6.54. The Hall–Kier alpha value is -3.87. The molecule has 35 heavy (non-hydrogen) atoms. The van der Waals surface area contributed by atoms with Gasteiger partial charge in [-0.2, -0.15) is 13.2 Å². The zero-order valence-electron chi connectivity index (χ0n) is 18.8. The molecule has 4 aromatic rings. The Morgan fingerprint density at radius 1 is 1.03 bits per heavy atom. The standard InChI is InChI=1S/C28H22F3N3O/c29-28(30,31)17-9-10-20-22(27(35)34-25(20)13-17)15-26-21(19-7-3-4-8-23(19)33-26)14-24-18-6-2-1-5-16(18)11-12-32-24/h1-2,5-6,9-13,15,33H,3-4,7-8,14H2,(H,34,35). The lowest BCUT2D eigenvalue weighted by Crippen LogP contribution is -2.06. The van der Waals surface area contributed by atoms with Gasteiger partial charge in [0.25, 0.3) is 5.91 Å². The van der Waals surface area contributed by atoms with E-state index in [9.17, 15) is 18.0 Å². The third-order valence-corrected chi connectivity index (χ3v) is 6.96. The Bertz CT molecular complexity index is 1510. The molecular weight excluding hydrogens is 451 g/mol. The number of carbonyl (C=O) groups excluding carboxylic acids is 1. The van der Waals surface area contributed by atoms with Crippen molar-refractivity contribution in [3.63, 3.8) is 0 Å². The fraction of sp³-hybridized carbons (Fsp3) is 0.214. The van der Waals surface area contributed by atoms with Crippen LogP contribution < -0.4 is 5.32 Å². The molecule has 0 fully saturated rings. The third-order valence-electron chi connectivity index (χ3n) is 6.96. The zero-order valence-corrected chi connectivity index (χ0v) is 18.8. The van der Waals surface area contributed by atoms with Gasteiger partial charge in [-0.15, -0.1) is 0 Å².